The molecule has 3 rings (SSSR count). The molecule has 102 valence electrons. The van der Waals surface area contributed by atoms with E-state index in [-0.39, 0.29) is 6.17 Å². The molecule has 0 bridgehead atoms. The van der Waals surface area contributed by atoms with Crippen molar-refractivity contribution in [3.8, 4) is 0 Å². The van der Waals surface area contributed by atoms with Gasteiger partial charge in [0.1, 0.15) is 0 Å². The van der Waals surface area contributed by atoms with Crippen molar-refractivity contribution >= 4 is 0 Å². The number of hydrogen-bond acceptors (Lipinski definition) is 4. The zero-order valence-corrected chi connectivity index (χ0v) is 11.2. The van der Waals surface area contributed by atoms with Gasteiger partial charge in [0.2, 0.25) is 0 Å². The monoisotopic (exact) mass is 258 g/mol. The lowest BCUT2D eigenvalue weighted by atomic mass is 10.0. The lowest BCUT2D eigenvalue weighted by Gasteiger charge is -2.33. The summed E-state index contributed by atoms with van der Waals surface area (Å²) in [6.07, 6.45) is 6.79. The first-order valence-electron chi connectivity index (χ1n) is 7.10. The average Bonchev–Trinajstić information content (AvgIpc) is 2.95. The summed E-state index contributed by atoms with van der Waals surface area (Å²) in [5.41, 5.74) is 7.58. The third kappa shape index (κ3) is 3.56. The molecule has 2 aliphatic rings. The van der Waals surface area contributed by atoms with Gasteiger partial charge in [-0.2, -0.15) is 0 Å². The standard InChI is InChI=1S/C15H22N4/c1-2-4-13(5-3-1)12-19-10-7-14(8-11-19)17-15-6-9-16-18-15/h1-6,9,14-18H,7-8,10-12H2. The van der Waals surface area contributed by atoms with Crippen molar-refractivity contribution in [1.82, 2.24) is 21.1 Å². The van der Waals surface area contributed by atoms with Gasteiger partial charge in [0.15, 0.2) is 0 Å². The van der Waals surface area contributed by atoms with Crippen LogP contribution < -0.4 is 16.2 Å². The van der Waals surface area contributed by atoms with E-state index in [1.165, 1.54) is 31.5 Å². The van der Waals surface area contributed by atoms with Gasteiger partial charge in [-0.25, -0.2) is 5.43 Å². The van der Waals surface area contributed by atoms with Gasteiger partial charge < -0.3 is 5.43 Å². The topological polar surface area (TPSA) is 39.3 Å². The highest BCUT2D eigenvalue weighted by molar-refractivity contribution is 5.14. The minimum absolute atomic E-state index is 0.283. The zero-order chi connectivity index (χ0) is 12.9. The largest absolute Gasteiger partial charge is 0.327 e. The third-order valence-electron chi connectivity index (χ3n) is 3.86. The SMILES string of the molecule is C1=CC(NC2CCN(Cc3ccccc3)CC2)NN1. The fourth-order valence-electron chi connectivity index (χ4n) is 2.78. The van der Waals surface area contributed by atoms with Crippen molar-refractivity contribution in [1.29, 1.82) is 0 Å². The van der Waals surface area contributed by atoms with Crippen LogP contribution in [0, 0.1) is 0 Å². The molecule has 0 aliphatic carbocycles. The highest BCUT2D eigenvalue weighted by Crippen LogP contribution is 2.14. The maximum Gasteiger partial charge on any atom is 0.0956 e. The molecule has 0 aromatic heterocycles. The Balaban J connectivity index is 1.43. The summed E-state index contributed by atoms with van der Waals surface area (Å²) in [6, 6.07) is 11.4. The van der Waals surface area contributed by atoms with Gasteiger partial charge in [0.25, 0.3) is 0 Å². The van der Waals surface area contributed by atoms with E-state index < -0.39 is 0 Å². The lowest BCUT2D eigenvalue weighted by Crippen LogP contribution is -2.50. The molecule has 1 fully saturated rings. The molecule has 19 heavy (non-hydrogen) atoms. The Kier molecular flexibility index (Phi) is 4.13. The Morgan fingerprint density at radius 2 is 1.95 bits per heavy atom. The van der Waals surface area contributed by atoms with Crippen LogP contribution in [0.4, 0.5) is 0 Å². The molecule has 4 nitrogen and oxygen atoms in total. The highest BCUT2D eigenvalue weighted by Gasteiger charge is 2.21. The molecule has 1 saturated heterocycles. The highest BCUT2D eigenvalue weighted by atomic mass is 15.4. The Bertz CT molecular complexity index is 409. The van der Waals surface area contributed by atoms with E-state index in [0.29, 0.717) is 6.04 Å². The van der Waals surface area contributed by atoms with E-state index in [4.69, 9.17) is 0 Å². The normalized spacial score (nSPS) is 24.5. The molecule has 0 radical (unpaired) electrons. The van der Waals surface area contributed by atoms with Crippen molar-refractivity contribution in [3.05, 3.63) is 48.2 Å². The lowest BCUT2D eigenvalue weighted by molar-refractivity contribution is 0.184. The Hall–Kier alpha value is -1.36. The van der Waals surface area contributed by atoms with Crippen LogP contribution >= 0.6 is 0 Å². The van der Waals surface area contributed by atoms with Crippen molar-refractivity contribution in [2.45, 2.75) is 31.6 Å². The summed E-state index contributed by atoms with van der Waals surface area (Å²) < 4.78 is 0. The summed E-state index contributed by atoms with van der Waals surface area (Å²) in [4.78, 5) is 2.55. The number of likely N-dealkylation sites (tertiary alicyclic amines) is 1. The molecule has 4 heteroatoms. The van der Waals surface area contributed by atoms with Crippen LogP contribution in [0.1, 0.15) is 18.4 Å². The predicted octanol–water partition coefficient (Wildman–Crippen LogP) is 1.19. The summed E-state index contributed by atoms with van der Waals surface area (Å²) >= 11 is 0. The average molecular weight is 258 g/mol. The van der Waals surface area contributed by atoms with Crippen molar-refractivity contribution in [3.63, 3.8) is 0 Å². The maximum absolute atomic E-state index is 3.62. The summed E-state index contributed by atoms with van der Waals surface area (Å²) in [5.74, 6) is 0. The zero-order valence-electron chi connectivity index (χ0n) is 11.2. The molecule has 1 atom stereocenters. The van der Waals surface area contributed by atoms with Crippen LogP contribution in [0.2, 0.25) is 0 Å². The van der Waals surface area contributed by atoms with Crippen LogP contribution in [-0.2, 0) is 6.54 Å². The second-order valence-electron chi connectivity index (χ2n) is 5.33. The van der Waals surface area contributed by atoms with Crippen LogP contribution in [0.15, 0.2) is 42.6 Å². The van der Waals surface area contributed by atoms with E-state index in [9.17, 15) is 0 Å². The van der Waals surface area contributed by atoms with Gasteiger partial charge in [0.05, 0.1) is 6.17 Å². The van der Waals surface area contributed by atoms with Gasteiger partial charge in [0, 0.05) is 18.8 Å². The minimum atomic E-state index is 0.283. The Morgan fingerprint density at radius 3 is 2.63 bits per heavy atom. The summed E-state index contributed by atoms with van der Waals surface area (Å²) in [5, 5.41) is 3.62. The van der Waals surface area contributed by atoms with Crippen LogP contribution in [0.25, 0.3) is 0 Å². The van der Waals surface area contributed by atoms with Crippen LogP contribution in [-0.4, -0.2) is 30.2 Å². The number of rotatable bonds is 4. The van der Waals surface area contributed by atoms with Crippen LogP contribution in [0.5, 0.6) is 0 Å². The molecular weight excluding hydrogens is 236 g/mol. The number of nitrogens with zero attached hydrogens (tertiary/aromatic N) is 1. The van der Waals surface area contributed by atoms with Crippen LogP contribution in [0.3, 0.4) is 0 Å². The van der Waals surface area contributed by atoms with Gasteiger partial charge in [-0.15, -0.1) is 0 Å². The number of benzene rings is 1. The maximum atomic E-state index is 3.62. The molecule has 3 N–H and O–H groups in total. The number of hydrazine groups is 1. The fourth-order valence-corrected chi connectivity index (χ4v) is 2.78. The Labute approximate surface area is 114 Å². The third-order valence-corrected chi connectivity index (χ3v) is 3.86. The minimum Gasteiger partial charge on any atom is -0.327 e. The first kappa shape index (κ1) is 12.7. The molecule has 1 aromatic rings. The van der Waals surface area contributed by atoms with E-state index in [0.717, 1.165) is 6.54 Å². The van der Waals surface area contributed by atoms with Gasteiger partial charge in [-0.05, 0) is 37.6 Å². The fraction of sp³-hybridized carbons (Fsp3) is 0.467. The molecule has 2 heterocycles. The molecule has 1 unspecified atom stereocenters. The smallest absolute Gasteiger partial charge is 0.0956 e. The molecule has 0 amide bonds. The molecular formula is C15H22N4. The van der Waals surface area contributed by atoms with E-state index in [1.807, 2.05) is 6.20 Å². The van der Waals surface area contributed by atoms with Crippen molar-refractivity contribution in [2.75, 3.05) is 13.1 Å². The molecule has 2 aliphatic heterocycles. The first-order chi connectivity index (χ1) is 9.40. The predicted molar refractivity (Wildman–Crippen MR) is 77.1 cm³/mol. The quantitative estimate of drug-likeness (QED) is 0.758. The second-order valence-corrected chi connectivity index (χ2v) is 5.33. The van der Waals surface area contributed by atoms with E-state index >= 15 is 0 Å². The number of nitrogens with one attached hydrogen (secondary N) is 3. The molecule has 0 saturated carbocycles. The second kappa shape index (κ2) is 6.19. The van der Waals surface area contributed by atoms with Gasteiger partial charge >= 0.3 is 0 Å². The molecule has 1 aromatic carbocycles. The van der Waals surface area contributed by atoms with Crippen molar-refractivity contribution in [2.24, 2.45) is 0 Å². The van der Waals surface area contributed by atoms with Gasteiger partial charge in [-0.1, -0.05) is 30.3 Å². The van der Waals surface area contributed by atoms with Gasteiger partial charge in [-0.3, -0.25) is 10.2 Å². The number of piperidine rings is 1. The number of hydrogen-bond donors (Lipinski definition) is 3. The molecule has 0 spiro atoms. The summed E-state index contributed by atoms with van der Waals surface area (Å²) in [7, 11) is 0. The van der Waals surface area contributed by atoms with E-state index in [2.05, 4.69) is 57.5 Å². The first-order valence-corrected chi connectivity index (χ1v) is 7.10. The summed E-state index contributed by atoms with van der Waals surface area (Å²) in [6.45, 7) is 3.43. The van der Waals surface area contributed by atoms with E-state index in [1.54, 1.807) is 0 Å². The van der Waals surface area contributed by atoms with Crippen molar-refractivity contribution < 1.29 is 0 Å². The Morgan fingerprint density at radius 1 is 1.16 bits per heavy atom.